The summed E-state index contributed by atoms with van der Waals surface area (Å²) in [5, 5.41) is 1.89. The van der Waals surface area contributed by atoms with Crippen LogP contribution < -0.4 is 0 Å². The second kappa shape index (κ2) is 8.14. The number of aromatic nitrogens is 1. The molecule has 1 saturated heterocycles. The fourth-order valence-corrected chi connectivity index (χ4v) is 4.83. The lowest BCUT2D eigenvalue weighted by molar-refractivity contribution is -0.127. The Balaban J connectivity index is 1.42. The minimum Gasteiger partial charge on any atom is -0.337 e. The van der Waals surface area contributed by atoms with E-state index in [-0.39, 0.29) is 23.9 Å². The predicted molar refractivity (Wildman–Crippen MR) is 113 cm³/mol. The minimum atomic E-state index is -3.59. The molecule has 7 heteroatoms. The summed E-state index contributed by atoms with van der Waals surface area (Å²) in [6.45, 7) is 1.29. The number of nitrogens with zero attached hydrogens (tertiary/aromatic N) is 3. The third-order valence-electron chi connectivity index (χ3n) is 5.01. The van der Waals surface area contributed by atoms with Crippen LogP contribution in [0.1, 0.15) is 5.56 Å². The van der Waals surface area contributed by atoms with E-state index in [0.29, 0.717) is 13.1 Å². The first-order valence-electron chi connectivity index (χ1n) is 9.40. The van der Waals surface area contributed by atoms with Crippen molar-refractivity contribution >= 4 is 32.8 Å². The molecule has 0 saturated carbocycles. The van der Waals surface area contributed by atoms with Crippen LogP contribution in [0.3, 0.4) is 0 Å². The summed E-state index contributed by atoms with van der Waals surface area (Å²) in [5.74, 6) is -0.128. The van der Waals surface area contributed by atoms with Crippen LogP contribution in [0.5, 0.6) is 0 Å². The van der Waals surface area contributed by atoms with Crippen LogP contribution in [-0.2, 0) is 14.8 Å². The summed E-state index contributed by atoms with van der Waals surface area (Å²) in [6.07, 6.45) is 6.57. The summed E-state index contributed by atoms with van der Waals surface area (Å²) in [4.78, 5) is 18.4. The monoisotopic (exact) mass is 407 g/mol. The van der Waals surface area contributed by atoms with Crippen molar-refractivity contribution in [3.63, 3.8) is 0 Å². The zero-order valence-corrected chi connectivity index (χ0v) is 16.6. The zero-order valence-electron chi connectivity index (χ0n) is 15.8. The molecular formula is C22H21N3O3S. The number of hydrogen-bond acceptors (Lipinski definition) is 4. The summed E-state index contributed by atoms with van der Waals surface area (Å²) >= 11 is 0. The number of fused-ring (bicyclic) bond motifs is 1. The molecule has 0 atom stereocenters. The third-order valence-corrected chi connectivity index (χ3v) is 6.91. The van der Waals surface area contributed by atoms with Gasteiger partial charge in [0.05, 0.1) is 4.90 Å². The number of hydrogen-bond donors (Lipinski definition) is 0. The van der Waals surface area contributed by atoms with Gasteiger partial charge >= 0.3 is 0 Å². The maximum absolute atomic E-state index is 13.0. The largest absolute Gasteiger partial charge is 0.337 e. The Morgan fingerprint density at radius 3 is 2.41 bits per heavy atom. The van der Waals surface area contributed by atoms with Crippen molar-refractivity contribution in [3.05, 3.63) is 78.6 Å². The highest BCUT2D eigenvalue weighted by Crippen LogP contribution is 2.23. The van der Waals surface area contributed by atoms with Crippen molar-refractivity contribution in [2.24, 2.45) is 0 Å². The molecule has 6 nitrogen and oxygen atoms in total. The molecule has 0 bridgehead atoms. The van der Waals surface area contributed by atoms with Crippen LogP contribution in [0.2, 0.25) is 0 Å². The minimum absolute atomic E-state index is 0.128. The van der Waals surface area contributed by atoms with Crippen LogP contribution in [0.4, 0.5) is 0 Å². The van der Waals surface area contributed by atoms with Crippen LogP contribution in [0, 0.1) is 0 Å². The van der Waals surface area contributed by atoms with Gasteiger partial charge in [-0.15, -0.1) is 0 Å². The fraction of sp³-hybridized carbons (Fsp3) is 0.182. The van der Waals surface area contributed by atoms with E-state index in [1.54, 1.807) is 41.6 Å². The standard InChI is InChI=1S/C22H21N3O3S/c26-22(10-7-18-4-3-11-23-17-18)24-12-14-25(15-13-24)29(27,28)21-9-8-19-5-1-2-6-20(19)16-21/h1-11,16-17H,12-15H2/b10-7+. The van der Waals surface area contributed by atoms with E-state index < -0.39 is 10.0 Å². The van der Waals surface area contributed by atoms with E-state index in [2.05, 4.69) is 4.98 Å². The fourth-order valence-electron chi connectivity index (χ4n) is 3.37. The second-order valence-electron chi connectivity index (χ2n) is 6.86. The second-order valence-corrected chi connectivity index (χ2v) is 8.80. The molecule has 2 heterocycles. The van der Waals surface area contributed by atoms with Crippen molar-refractivity contribution in [1.29, 1.82) is 0 Å². The molecule has 1 aromatic heterocycles. The van der Waals surface area contributed by atoms with Crippen molar-refractivity contribution in [3.8, 4) is 0 Å². The van der Waals surface area contributed by atoms with Gasteiger partial charge in [-0.1, -0.05) is 36.4 Å². The average Bonchev–Trinajstić information content (AvgIpc) is 2.78. The highest BCUT2D eigenvalue weighted by atomic mass is 32.2. The first-order chi connectivity index (χ1) is 14.0. The molecule has 148 valence electrons. The number of piperazine rings is 1. The topological polar surface area (TPSA) is 70.6 Å². The van der Waals surface area contributed by atoms with Crippen molar-refractivity contribution in [1.82, 2.24) is 14.2 Å². The molecule has 1 aliphatic rings. The van der Waals surface area contributed by atoms with Crippen molar-refractivity contribution in [2.75, 3.05) is 26.2 Å². The lowest BCUT2D eigenvalue weighted by Crippen LogP contribution is -2.50. The van der Waals surface area contributed by atoms with E-state index in [9.17, 15) is 13.2 Å². The number of benzene rings is 2. The van der Waals surface area contributed by atoms with Gasteiger partial charge in [0.25, 0.3) is 0 Å². The van der Waals surface area contributed by atoms with E-state index >= 15 is 0 Å². The number of pyridine rings is 1. The third kappa shape index (κ3) is 4.21. The maximum Gasteiger partial charge on any atom is 0.246 e. The molecule has 29 heavy (non-hydrogen) atoms. The van der Waals surface area contributed by atoms with Gasteiger partial charge in [-0.2, -0.15) is 4.31 Å². The number of sulfonamides is 1. The van der Waals surface area contributed by atoms with E-state index in [4.69, 9.17) is 0 Å². The SMILES string of the molecule is O=C(/C=C/c1cccnc1)N1CCN(S(=O)(=O)c2ccc3ccccc3c2)CC1. The Labute approximate surface area is 170 Å². The Hall–Kier alpha value is -3.03. The summed E-state index contributed by atoms with van der Waals surface area (Å²) in [6, 6.07) is 16.5. The number of carbonyl (C=O) groups excluding carboxylic acids is 1. The molecule has 0 N–H and O–H groups in total. The Bertz CT molecular complexity index is 1150. The van der Waals surface area contributed by atoms with Gasteiger partial charge in [0.1, 0.15) is 0 Å². The number of amides is 1. The predicted octanol–water partition coefficient (Wildman–Crippen LogP) is 2.78. The Morgan fingerprint density at radius 2 is 1.69 bits per heavy atom. The molecule has 0 aliphatic carbocycles. The molecule has 1 amide bonds. The van der Waals surface area contributed by atoms with Gasteiger partial charge in [-0.25, -0.2) is 8.42 Å². The lowest BCUT2D eigenvalue weighted by atomic mass is 10.1. The van der Waals surface area contributed by atoms with Crippen LogP contribution in [0.15, 0.2) is 78.0 Å². The van der Waals surface area contributed by atoms with Crippen LogP contribution in [-0.4, -0.2) is 54.7 Å². The molecule has 3 aromatic rings. The van der Waals surface area contributed by atoms with Gasteiger partial charge in [0.2, 0.25) is 15.9 Å². The normalized spacial score (nSPS) is 15.8. The van der Waals surface area contributed by atoms with Crippen LogP contribution in [0.25, 0.3) is 16.8 Å². The van der Waals surface area contributed by atoms with Gasteiger partial charge in [-0.3, -0.25) is 9.78 Å². The zero-order chi connectivity index (χ0) is 20.3. The first kappa shape index (κ1) is 19.3. The molecule has 4 rings (SSSR count). The lowest BCUT2D eigenvalue weighted by Gasteiger charge is -2.33. The maximum atomic E-state index is 13.0. The number of rotatable bonds is 4. The molecule has 0 radical (unpaired) electrons. The number of carbonyl (C=O) groups is 1. The molecule has 1 aliphatic heterocycles. The smallest absolute Gasteiger partial charge is 0.246 e. The Kier molecular flexibility index (Phi) is 5.42. The Morgan fingerprint density at radius 1 is 0.931 bits per heavy atom. The quantitative estimate of drug-likeness (QED) is 0.624. The molecule has 0 unspecified atom stereocenters. The molecule has 0 spiro atoms. The van der Waals surface area contributed by atoms with E-state index in [1.807, 2.05) is 36.4 Å². The highest BCUT2D eigenvalue weighted by molar-refractivity contribution is 7.89. The summed E-state index contributed by atoms with van der Waals surface area (Å²) in [5.41, 5.74) is 0.846. The van der Waals surface area contributed by atoms with E-state index in [0.717, 1.165) is 16.3 Å². The van der Waals surface area contributed by atoms with Crippen molar-refractivity contribution in [2.45, 2.75) is 4.90 Å². The van der Waals surface area contributed by atoms with Crippen LogP contribution >= 0.6 is 0 Å². The van der Waals surface area contributed by atoms with E-state index in [1.165, 1.54) is 10.4 Å². The van der Waals surface area contributed by atoms with Gasteiger partial charge in [-0.05, 0) is 40.6 Å². The van der Waals surface area contributed by atoms with Crippen molar-refractivity contribution < 1.29 is 13.2 Å². The molecule has 1 fully saturated rings. The van der Waals surface area contributed by atoms with Gasteiger partial charge in [0, 0.05) is 44.6 Å². The van der Waals surface area contributed by atoms with Gasteiger partial charge < -0.3 is 4.90 Å². The molecule has 2 aromatic carbocycles. The van der Waals surface area contributed by atoms with Gasteiger partial charge in [0.15, 0.2) is 0 Å². The summed E-state index contributed by atoms with van der Waals surface area (Å²) < 4.78 is 27.5. The summed E-state index contributed by atoms with van der Waals surface area (Å²) in [7, 11) is -3.59. The highest BCUT2D eigenvalue weighted by Gasteiger charge is 2.29. The average molecular weight is 407 g/mol. The molecular weight excluding hydrogens is 386 g/mol. The first-order valence-corrected chi connectivity index (χ1v) is 10.8.